The van der Waals surface area contributed by atoms with Crippen LogP contribution in [-0.2, 0) is 0 Å². The molecule has 14 heavy (non-hydrogen) atoms. The van der Waals surface area contributed by atoms with Gasteiger partial charge in [0.05, 0.1) is 0 Å². The molecule has 0 aromatic heterocycles. The van der Waals surface area contributed by atoms with E-state index in [1.807, 2.05) is 0 Å². The van der Waals surface area contributed by atoms with E-state index in [4.69, 9.17) is 5.73 Å². The van der Waals surface area contributed by atoms with Gasteiger partial charge < -0.3 is 10.6 Å². The van der Waals surface area contributed by atoms with Gasteiger partial charge in [-0.2, -0.15) is 11.8 Å². The lowest BCUT2D eigenvalue weighted by Gasteiger charge is -2.31. The molecule has 0 aromatic rings. The van der Waals surface area contributed by atoms with Gasteiger partial charge in [0, 0.05) is 19.1 Å². The van der Waals surface area contributed by atoms with Gasteiger partial charge in [-0.05, 0) is 49.7 Å². The van der Waals surface area contributed by atoms with Crippen molar-refractivity contribution in [1.29, 1.82) is 0 Å². The fourth-order valence-corrected chi connectivity index (χ4v) is 3.76. The Hall–Kier alpha value is 0.270. The summed E-state index contributed by atoms with van der Waals surface area (Å²) in [7, 11) is 2.26. The largest absolute Gasteiger partial charge is 0.329 e. The van der Waals surface area contributed by atoms with E-state index < -0.39 is 0 Å². The molecule has 2 fully saturated rings. The molecule has 0 radical (unpaired) electrons. The number of nitrogens with two attached hydrogens (primary N) is 1. The minimum absolute atomic E-state index is 0.644. The fraction of sp³-hybridized carbons (Fsp3) is 1.00. The predicted octanol–water partition coefficient (Wildman–Crippen LogP) is 1.41. The first-order chi connectivity index (χ1) is 6.81. The van der Waals surface area contributed by atoms with Gasteiger partial charge >= 0.3 is 0 Å². The maximum Gasteiger partial charge on any atom is 0.0251 e. The summed E-state index contributed by atoms with van der Waals surface area (Å²) >= 11 is 2.10. The van der Waals surface area contributed by atoms with Gasteiger partial charge in [0.15, 0.2) is 0 Å². The smallest absolute Gasteiger partial charge is 0.0251 e. The second-order valence-electron chi connectivity index (χ2n) is 4.81. The molecule has 2 rings (SSSR count). The van der Waals surface area contributed by atoms with Crippen molar-refractivity contribution in [2.24, 2.45) is 17.6 Å². The zero-order valence-electron chi connectivity index (χ0n) is 9.11. The molecule has 0 spiro atoms. The van der Waals surface area contributed by atoms with Gasteiger partial charge in [0.1, 0.15) is 0 Å². The highest BCUT2D eigenvalue weighted by Crippen LogP contribution is 2.32. The van der Waals surface area contributed by atoms with Crippen molar-refractivity contribution in [3.63, 3.8) is 0 Å². The minimum atomic E-state index is 0.644. The lowest BCUT2D eigenvalue weighted by Crippen LogP contribution is -2.44. The van der Waals surface area contributed by atoms with Crippen LogP contribution in [-0.4, -0.2) is 42.6 Å². The van der Waals surface area contributed by atoms with Crippen LogP contribution in [0.1, 0.15) is 19.3 Å². The molecule has 2 nitrogen and oxygen atoms in total. The molecular formula is C11H22N2S. The van der Waals surface area contributed by atoms with Gasteiger partial charge in [-0.15, -0.1) is 0 Å². The van der Waals surface area contributed by atoms with Crippen molar-refractivity contribution in [3.05, 3.63) is 0 Å². The molecule has 2 atom stereocenters. The van der Waals surface area contributed by atoms with Crippen molar-refractivity contribution < 1.29 is 0 Å². The Balaban J connectivity index is 1.82. The van der Waals surface area contributed by atoms with E-state index in [0.717, 1.165) is 18.4 Å². The molecule has 1 aliphatic heterocycles. The van der Waals surface area contributed by atoms with Crippen LogP contribution >= 0.6 is 11.8 Å². The molecule has 3 heteroatoms. The SMILES string of the molecule is CN(CC1CC1)C(CN)C1CCSC1. The van der Waals surface area contributed by atoms with Crippen LogP contribution in [0.2, 0.25) is 0 Å². The molecule has 0 aromatic carbocycles. The van der Waals surface area contributed by atoms with E-state index in [9.17, 15) is 0 Å². The fourth-order valence-electron chi connectivity index (χ4n) is 2.43. The number of likely N-dealkylation sites (N-methyl/N-ethyl adjacent to an activating group) is 1. The van der Waals surface area contributed by atoms with Gasteiger partial charge in [0.2, 0.25) is 0 Å². The second kappa shape index (κ2) is 4.86. The van der Waals surface area contributed by atoms with Crippen molar-refractivity contribution in [2.45, 2.75) is 25.3 Å². The summed E-state index contributed by atoms with van der Waals surface area (Å²) in [5, 5.41) is 0. The van der Waals surface area contributed by atoms with Crippen molar-refractivity contribution in [3.8, 4) is 0 Å². The van der Waals surface area contributed by atoms with Crippen LogP contribution in [0.5, 0.6) is 0 Å². The first-order valence-electron chi connectivity index (χ1n) is 5.79. The third kappa shape index (κ3) is 2.65. The van der Waals surface area contributed by atoms with Crippen LogP contribution in [0.25, 0.3) is 0 Å². The lowest BCUT2D eigenvalue weighted by molar-refractivity contribution is 0.185. The molecular weight excluding hydrogens is 192 g/mol. The predicted molar refractivity (Wildman–Crippen MR) is 63.6 cm³/mol. The Bertz CT molecular complexity index is 176. The number of thioether (sulfide) groups is 1. The number of rotatable bonds is 5. The molecule has 0 amide bonds. The third-order valence-electron chi connectivity index (χ3n) is 3.56. The average Bonchev–Trinajstić information content (AvgIpc) is 2.82. The highest BCUT2D eigenvalue weighted by molar-refractivity contribution is 7.99. The molecule has 1 saturated heterocycles. The molecule has 1 aliphatic carbocycles. The van der Waals surface area contributed by atoms with E-state index in [2.05, 4.69) is 23.7 Å². The lowest BCUT2D eigenvalue weighted by atomic mass is 9.98. The maximum atomic E-state index is 5.90. The summed E-state index contributed by atoms with van der Waals surface area (Å²) in [5.74, 6) is 4.52. The molecule has 2 aliphatic rings. The highest BCUT2D eigenvalue weighted by Gasteiger charge is 2.30. The van der Waals surface area contributed by atoms with E-state index in [-0.39, 0.29) is 0 Å². The monoisotopic (exact) mass is 214 g/mol. The number of hydrogen-bond donors (Lipinski definition) is 1. The molecule has 1 heterocycles. The summed E-state index contributed by atoms with van der Waals surface area (Å²) in [4.78, 5) is 2.52. The van der Waals surface area contributed by atoms with E-state index >= 15 is 0 Å². The summed E-state index contributed by atoms with van der Waals surface area (Å²) in [6.07, 6.45) is 4.27. The van der Waals surface area contributed by atoms with Gasteiger partial charge in [-0.25, -0.2) is 0 Å². The van der Waals surface area contributed by atoms with E-state index in [0.29, 0.717) is 6.04 Å². The number of hydrogen-bond acceptors (Lipinski definition) is 3. The van der Waals surface area contributed by atoms with Crippen molar-refractivity contribution in [1.82, 2.24) is 4.90 Å². The van der Waals surface area contributed by atoms with Crippen LogP contribution in [0, 0.1) is 11.8 Å². The van der Waals surface area contributed by atoms with Crippen LogP contribution in [0.3, 0.4) is 0 Å². The van der Waals surface area contributed by atoms with Gasteiger partial charge in [-0.3, -0.25) is 0 Å². The summed E-state index contributed by atoms with van der Waals surface area (Å²) in [6.45, 7) is 2.12. The van der Waals surface area contributed by atoms with Crippen molar-refractivity contribution in [2.75, 3.05) is 31.6 Å². The zero-order chi connectivity index (χ0) is 9.97. The first-order valence-corrected chi connectivity index (χ1v) is 6.94. The molecule has 82 valence electrons. The maximum absolute atomic E-state index is 5.90. The number of nitrogens with zero attached hydrogens (tertiary/aromatic N) is 1. The summed E-state index contributed by atoms with van der Waals surface area (Å²) in [5.41, 5.74) is 5.90. The summed E-state index contributed by atoms with van der Waals surface area (Å²) in [6, 6.07) is 0.644. The van der Waals surface area contributed by atoms with Crippen molar-refractivity contribution >= 4 is 11.8 Å². The topological polar surface area (TPSA) is 29.3 Å². The zero-order valence-corrected chi connectivity index (χ0v) is 9.93. The first kappa shape index (κ1) is 10.8. The average molecular weight is 214 g/mol. The minimum Gasteiger partial charge on any atom is -0.329 e. The Morgan fingerprint density at radius 3 is 2.71 bits per heavy atom. The van der Waals surface area contributed by atoms with Crippen LogP contribution in [0.15, 0.2) is 0 Å². The van der Waals surface area contributed by atoms with Crippen LogP contribution in [0.4, 0.5) is 0 Å². The Labute approximate surface area is 91.6 Å². The van der Waals surface area contributed by atoms with E-state index in [1.165, 1.54) is 37.3 Å². The highest BCUT2D eigenvalue weighted by atomic mass is 32.2. The third-order valence-corrected chi connectivity index (χ3v) is 4.75. The standard InChI is InChI=1S/C11H22N2S/c1-13(7-9-2-3-9)11(6-12)10-4-5-14-8-10/h9-11H,2-8,12H2,1H3. The van der Waals surface area contributed by atoms with E-state index in [1.54, 1.807) is 0 Å². The Morgan fingerprint density at radius 2 is 2.21 bits per heavy atom. The molecule has 0 bridgehead atoms. The summed E-state index contributed by atoms with van der Waals surface area (Å²) < 4.78 is 0. The van der Waals surface area contributed by atoms with Gasteiger partial charge in [0.25, 0.3) is 0 Å². The van der Waals surface area contributed by atoms with Gasteiger partial charge in [-0.1, -0.05) is 0 Å². The second-order valence-corrected chi connectivity index (χ2v) is 5.96. The quantitative estimate of drug-likeness (QED) is 0.750. The molecule has 2 unspecified atom stereocenters. The normalized spacial score (nSPS) is 29.8. The molecule has 1 saturated carbocycles. The Morgan fingerprint density at radius 1 is 1.43 bits per heavy atom. The Kier molecular flexibility index (Phi) is 3.74. The molecule has 2 N–H and O–H groups in total. The van der Waals surface area contributed by atoms with Crippen LogP contribution < -0.4 is 5.73 Å².